The zero-order valence-electron chi connectivity index (χ0n) is 14.4. The van der Waals surface area contributed by atoms with Gasteiger partial charge >= 0.3 is 121 Å². The van der Waals surface area contributed by atoms with Crippen molar-refractivity contribution in [3.05, 3.63) is 0 Å². The molecule has 0 amide bonds. The maximum absolute atomic E-state index is 2.61. The van der Waals surface area contributed by atoms with Crippen LogP contribution in [0.2, 0.25) is 0 Å². The molecule has 2 aliphatic rings. The maximum atomic E-state index is 2.61. The first-order valence-electron chi connectivity index (χ1n) is 8.65. The summed E-state index contributed by atoms with van der Waals surface area (Å²) in [5.41, 5.74) is 1.09. The summed E-state index contributed by atoms with van der Waals surface area (Å²) in [6, 6.07) is 0. The minimum absolute atomic E-state index is 0.541. The Morgan fingerprint density at radius 3 is 1.42 bits per heavy atom. The molecule has 2 rings (SSSR count). The third-order valence-corrected chi connectivity index (χ3v) is 19.0. The van der Waals surface area contributed by atoms with E-state index in [1.807, 2.05) is 0 Å². The second-order valence-corrected chi connectivity index (χ2v) is 16.9. The van der Waals surface area contributed by atoms with Crippen molar-refractivity contribution in [1.82, 2.24) is 0 Å². The standard InChI is InChI=1S/C18H37P/c1-17(2,3)19(18(4,5)6,14-10-7-11-15-19)16-12-8-9-13-16/h16H,7-15H2,1-6H3. The van der Waals surface area contributed by atoms with Crippen LogP contribution in [0, 0.1) is 0 Å². The fraction of sp³-hybridized carbons (Fsp3) is 1.00. The van der Waals surface area contributed by atoms with Gasteiger partial charge in [-0.15, -0.1) is 0 Å². The summed E-state index contributed by atoms with van der Waals surface area (Å²) in [6.07, 6.45) is 13.8. The van der Waals surface area contributed by atoms with Crippen molar-refractivity contribution >= 4 is 6.60 Å². The third-order valence-electron chi connectivity index (χ3n) is 7.39. The van der Waals surface area contributed by atoms with Crippen LogP contribution in [0.3, 0.4) is 0 Å². The van der Waals surface area contributed by atoms with Crippen LogP contribution in [-0.4, -0.2) is 28.3 Å². The summed E-state index contributed by atoms with van der Waals surface area (Å²) in [5.74, 6) is 0. The van der Waals surface area contributed by atoms with Gasteiger partial charge in [0.05, 0.1) is 0 Å². The predicted molar refractivity (Wildman–Crippen MR) is 92.3 cm³/mol. The van der Waals surface area contributed by atoms with E-state index in [0.717, 1.165) is 5.66 Å². The normalized spacial score (nSPS) is 30.7. The summed E-state index contributed by atoms with van der Waals surface area (Å²) < 4.78 is 0. The SMILES string of the molecule is CC(C)(C)P1(C2CCCC2)(C(C)(C)C)CCCCC1. The third kappa shape index (κ3) is 1.88. The van der Waals surface area contributed by atoms with E-state index in [1.165, 1.54) is 32.1 Å². The average molecular weight is 284 g/mol. The van der Waals surface area contributed by atoms with Gasteiger partial charge in [-0.2, -0.15) is 0 Å². The molecular formula is C18H37P. The van der Waals surface area contributed by atoms with Crippen LogP contribution in [0.15, 0.2) is 0 Å². The topological polar surface area (TPSA) is 0 Å². The Labute approximate surface area is 122 Å². The second-order valence-electron chi connectivity index (χ2n) is 9.38. The van der Waals surface area contributed by atoms with Gasteiger partial charge in [0.25, 0.3) is 0 Å². The Kier molecular flexibility index (Phi) is 3.93. The van der Waals surface area contributed by atoms with Crippen LogP contribution >= 0.6 is 6.60 Å². The molecule has 114 valence electrons. The van der Waals surface area contributed by atoms with Crippen molar-refractivity contribution in [3.8, 4) is 0 Å². The van der Waals surface area contributed by atoms with Crippen LogP contribution in [0.5, 0.6) is 0 Å². The molecule has 0 atom stereocenters. The second kappa shape index (κ2) is 4.72. The molecule has 1 heterocycles. The van der Waals surface area contributed by atoms with Gasteiger partial charge in [0.1, 0.15) is 0 Å². The molecule has 0 aromatic rings. The van der Waals surface area contributed by atoms with Crippen LogP contribution < -0.4 is 0 Å². The van der Waals surface area contributed by atoms with E-state index < -0.39 is 6.60 Å². The van der Waals surface area contributed by atoms with E-state index in [9.17, 15) is 0 Å². The number of hydrogen-bond donors (Lipinski definition) is 0. The van der Waals surface area contributed by atoms with E-state index in [1.54, 1.807) is 25.2 Å². The van der Waals surface area contributed by atoms with E-state index in [2.05, 4.69) is 41.5 Å². The summed E-state index contributed by atoms with van der Waals surface area (Å²) in [7, 11) is 0. The summed E-state index contributed by atoms with van der Waals surface area (Å²) in [4.78, 5) is 0. The van der Waals surface area contributed by atoms with E-state index in [-0.39, 0.29) is 0 Å². The van der Waals surface area contributed by atoms with Crippen molar-refractivity contribution in [2.24, 2.45) is 0 Å². The molecule has 0 radical (unpaired) electrons. The quantitative estimate of drug-likeness (QED) is 0.498. The fourth-order valence-corrected chi connectivity index (χ4v) is 17.9. The molecule has 0 aromatic carbocycles. The Bertz CT molecular complexity index is 299. The molecule has 1 aliphatic heterocycles. The van der Waals surface area contributed by atoms with Gasteiger partial charge in [0.15, 0.2) is 0 Å². The molecule has 0 N–H and O–H groups in total. The molecule has 0 spiro atoms. The van der Waals surface area contributed by atoms with Crippen molar-refractivity contribution in [3.63, 3.8) is 0 Å². The van der Waals surface area contributed by atoms with Gasteiger partial charge in [0, 0.05) is 0 Å². The number of rotatable bonds is 1. The molecule has 1 saturated carbocycles. The van der Waals surface area contributed by atoms with E-state index in [4.69, 9.17) is 0 Å². The minimum atomic E-state index is -1.70. The fourth-order valence-electron chi connectivity index (χ4n) is 6.57. The van der Waals surface area contributed by atoms with Gasteiger partial charge in [-0.3, -0.25) is 0 Å². The molecule has 0 aromatic heterocycles. The molecule has 0 bridgehead atoms. The zero-order chi connectivity index (χ0) is 14.4. The summed E-state index contributed by atoms with van der Waals surface area (Å²) >= 11 is 0. The van der Waals surface area contributed by atoms with Gasteiger partial charge in [0.2, 0.25) is 0 Å². The first kappa shape index (κ1) is 15.8. The Hall–Kier alpha value is 0.430. The molecule has 2 fully saturated rings. The molecule has 1 saturated heterocycles. The molecule has 0 nitrogen and oxygen atoms in total. The molecule has 0 unspecified atom stereocenters. The van der Waals surface area contributed by atoms with E-state index >= 15 is 0 Å². The van der Waals surface area contributed by atoms with Crippen molar-refractivity contribution < 1.29 is 0 Å². The molecule has 1 aliphatic carbocycles. The van der Waals surface area contributed by atoms with Crippen LogP contribution in [-0.2, 0) is 0 Å². The monoisotopic (exact) mass is 284 g/mol. The molecular weight excluding hydrogens is 247 g/mol. The van der Waals surface area contributed by atoms with Gasteiger partial charge in [-0.05, 0) is 0 Å². The molecule has 19 heavy (non-hydrogen) atoms. The Morgan fingerprint density at radius 1 is 0.632 bits per heavy atom. The number of hydrogen-bond acceptors (Lipinski definition) is 0. The van der Waals surface area contributed by atoms with Crippen LogP contribution in [0.1, 0.15) is 86.5 Å². The summed E-state index contributed by atoms with van der Waals surface area (Å²) in [5, 5.41) is 1.08. The van der Waals surface area contributed by atoms with E-state index in [0.29, 0.717) is 10.3 Å². The summed E-state index contributed by atoms with van der Waals surface area (Å²) in [6.45, 7) is 14.0. The average Bonchev–Trinajstić information content (AvgIpc) is 2.80. The van der Waals surface area contributed by atoms with Crippen molar-refractivity contribution in [1.29, 1.82) is 0 Å². The van der Waals surface area contributed by atoms with Crippen LogP contribution in [0.25, 0.3) is 0 Å². The van der Waals surface area contributed by atoms with Crippen LogP contribution in [0.4, 0.5) is 0 Å². The van der Waals surface area contributed by atoms with Gasteiger partial charge in [-0.1, -0.05) is 0 Å². The Morgan fingerprint density at radius 2 is 1.05 bits per heavy atom. The van der Waals surface area contributed by atoms with Crippen molar-refractivity contribution in [2.45, 2.75) is 102 Å². The van der Waals surface area contributed by atoms with Gasteiger partial charge < -0.3 is 0 Å². The first-order valence-corrected chi connectivity index (χ1v) is 11.3. The van der Waals surface area contributed by atoms with Crippen molar-refractivity contribution in [2.75, 3.05) is 12.3 Å². The Balaban J connectivity index is 2.63. The first-order chi connectivity index (χ1) is 8.65. The predicted octanol–water partition coefficient (Wildman–Crippen LogP) is 6.26. The molecule has 1 heteroatoms. The van der Waals surface area contributed by atoms with Gasteiger partial charge in [-0.25, -0.2) is 0 Å². The zero-order valence-corrected chi connectivity index (χ0v) is 15.3.